The third-order valence-corrected chi connectivity index (χ3v) is 8.17. The van der Waals surface area contributed by atoms with Crippen molar-refractivity contribution in [1.82, 2.24) is 24.8 Å². The molecule has 4 atom stereocenters. The maximum atomic E-state index is 15.2. The summed E-state index contributed by atoms with van der Waals surface area (Å²) in [5, 5.41) is 9.56. The van der Waals surface area contributed by atoms with Crippen LogP contribution in [0.4, 0.5) is 15.1 Å². The van der Waals surface area contributed by atoms with E-state index in [9.17, 15) is 9.90 Å². The summed E-state index contributed by atoms with van der Waals surface area (Å²) in [6.45, 7) is 8.67. The Bertz CT molecular complexity index is 1420. The quantitative estimate of drug-likeness (QED) is 0.361. The van der Waals surface area contributed by atoms with Crippen LogP contribution in [-0.2, 0) is 9.47 Å². The van der Waals surface area contributed by atoms with Gasteiger partial charge in [0.05, 0.1) is 46.8 Å². The standard InChI is InChI=1S/C22H26ClFN6O2.C7H12O2/c1-10(2)16-13(17-14(23)8-26-21(25)29-17)7-15(24)18-19(16)28-20(27-18)12-5-6-30(9-12)22(31)32-11(3)4;8-6-3-1-5-2-4-7(6)9-5/h7-8,10-12H,5-6,9H2,1-4H3,(H,27,28)(H2,25,26,29);5-8H,1-4H2/t;5-,6?,7?/m.1/s1. The monoisotopic (exact) mass is 588 g/mol. The van der Waals surface area contributed by atoms with Gasteiger partial charge in [-0.2, -0.15) is 0 Å². The summed E-state index contributed by atoms with van der Waals surface area (Å²) < 4.78 is 25.9. The zero-order chi connectivity index (χ0) is 29.4. The molecule has 12 heteroatoms. The second kappa shape index (κ2) is 12.1. The van der Waals surface area contributed by atoms with Crippen LogP contribution in [0, 0.1) is 5.82 Å². The van der Waals surface area contributed by atoms with Crippen LogP contribution in [0.5, 0.6) is 0 Å². The second-order valence-corrected chi connectivity index (χ2v) is 12.0. The van der Waals surface area contributed by atoms with Crippen LogP contribution in [0.25, 0.3) is 22.3 Å². The van der Waals surface area contributed by atoms with Crippen LogP contribution < -0.4 is 5.73 Å². The summed E-state index contributed by atoms with van der Waals surface area (Å²) in [6, 6.07) is 1.40. The number of carbonyl (C=O) groups excluding carboxylic acids is 1. The molecule has 41 heavy (non-hydrogen) atoms. The molecule has 3 aromatic rings. The van der Waals surface area contributed by atoms with E-state index in [0.717, 1.165) is 24.8 Å². The van der Waals surface area contributed by atoms with Crippen LogP contribution in [-0.4, -0.2) is 73.5 Å². The first-order chi connectivity index (χ1) is 19.5. The highest BCUT2D eigenvalue weighted by atomic mass is 35.5. The maximum Gasteiger partial charge on any atom is 0.410 e. The van der Waals surface area contributed by atoms with Crippen LogP contribution >= 0.6 is 11.6 Å². The number of hydrogen-bond acceptors (Lipinski definition) is 8. The number of hydrogen-bond donors (Lipinski definition) is 3. The molecule has 3 aliphatic heterocycles. The van der Waals surface area contributed by atoms with Crippen molar-refractivity contribution in [3.63, 3.8) is 0 Å². The van der Waals surface area contributed by atoms with Crippen molar-refractivity contribution in [1.29, 1.82) is 0 Å². The molecule has 5 heterocycles. The number of aliphatic hydroxyl groups is 1. The molecule has 10 nitrogen and oxygen atoms in total. The van der Waals surface area contributed by atoms with E-state index >= 15 is 4.39 Å². The van der Waals surface area contributed by atoms with E-state index in [1.54, 1.807) is 4.90 Å². The molecule has 3 unspecified atom stereocenters. The second-order valence-electron chi connectivity index (χ2n) is 11.6. The van der Waals surface area contributed by atoms with Crippen LogP contribution in [0.3, 0.4) is 0 Å². The van der Waals surface area contributed by atoms with Gasteiger partial charge < -0.3 is 30.2 Å². The highest BCUT2D eigenvalue weighted by molar-refractivity contribution is 6.33. The highest BCUT2D eigenvalue weighted by Gasteiger charge is 2.35. The highest BCUT2D eigenvalue weighted by Crippen LogP contribution is 2.39. The predicted molar refractivity (Wildman–Crippen MR) is 154 cm³/mol. The first kappa shape index (κ1) is 29.5. The molecular weight excluding hydrogens is 551 g/mol. The number of fused-ring (bicyclic) bond motifs is 3. The number of rotatable bonds is 4. The van der Waals surface area contributed by atoms with E-state index < -0.39 is 5.82 Å². The molecule has 1 amide bonds. The van der Waals surface area contributed by atoms with Gasteiger partial charge >= 0.3 is 6.09 Å². The van der Waals surface area contributed by atoms with E-state index in [2.05, 4.69) is 19.9 Å². The number of nitrogen functional groups attached to an aromatic ring is 1. The van der Waals surface area contributed by atoms with Crippen molar-refractivity contribution in [2.24, 2.45) is 0 Å². The Balaban J connectivity index is 0.000000315. The first-order valence-corrected chi connectivity index (χ1v) is 14.7. The number of imidazole rings is 1. The van der Waals surface area contributed by atoms with Crippen molar-refractivity contribution in [2.75, 3.05) is 18.8 Å². The van der Waals surface area contributed by atoms with Gasteiger partial charge in [-0.25, -0.2) is 24.1 Å². The molecule has 3 saturated heterocycles. The number of aromatic nitrogens is 4. The first-order valence-electron chi connectivity index (χ1n) is 14.3. The smallest absolute Gasteiger partial charge is 0.410 e. The lowest BCUT2D eigenvalue weighted by atomic mass is 9.93. The Labute approximate surface area is 243 Å². The molecule has 3 fully saturated rings. The van der Waals surface area contributed by atoms with Crippen molar-refractivity contribution in [3.8, 4) is 11.3 Å². The van der Waals surface area contributed by atoms with Gasteiger partial charge in [-0.1, -0.05) is 25.4 Å². The maximum absolute atomic E-state index is 15.2. The summed E-state index contributed by atoms with van der Waals surface area (Å²) in [6.07, 6.45) is 6.37. The average molecular weight is 589 g/mol. The van der Waals surface area contributed by atoms with Gasteiger partial charge in [-0.05, 0) is 63.5 Å². The summed E-state index contributed by atoms with van der Waals surface area (Å²) in [5.74, 6) is 0.206. The van der Waals surface area contributed by atoms with E-state index in [1.807, 2.05) is 27.7 Å². The number of benzene rings is 1. The molecule has 3 aliphatic rings. The molecular formula is C29H38ClFN6O4. The number of nitrogens with zero attached hydrogens (tertiary/aromatic N) is 4. The number of H-pyrrole nitrogens is 1. The van der Waals surface area contributed by atoms with Gasteiger partial charge in [0.25, 0.3) is 0 Å². The topological polar surface area (TPSA) is 139 Å². The number of ether oxygens (including phenoxy) is 2. The number of amides is 1. The molecule has 222 valence electrons. The zero-order valence-corrected chi connectivity index (χ0v) is 24.6. The normalized spacial score (nSPS) is 23.8. The van der Waals surface area contributed by atoms with Gasteiger partial charge in [0.15, 0.2) is 5.82 Å². The minimum absolute atomic E-state index is 0.0229. The third-order valence-electron chi connectivity index (χ3n) is 7.90. The number of likely N-dealkylation sites (tertiary alicyclic amines) is 1. The Hall–Kier alpha value is -3.02. The van der Waals surface area contributed by atoms with Crippen molar-refractivity contribution in [2.45, 2.75) is 96.1 Å². The minimum atomic E-state index is -0.482. The number of nitrogens with one attached hydrogen (secondary N) is 1. The fourth-order valence-corrected chi connectivity index (χ4v) is 6.12. The third kappa shape index (κ3) is 6.27. The molecule has 2 aromatic heterocycles. The number of aromatic amines is 1. The van der Waals surface area contributed by atoms with Crippen LogP contribution in [0.1, 0.15) is 83.0 Å². The van der Waals surface area contributed by atoms with Gasteiger partial charge in [0, 0.05) is 24.6 Å². The van der Waals surface area contributed by atoms with Crippen LogP contribution in [0.2, 0.25) is 5.02 Å². The van der Waals surface area contributed by atoms with Gasteiger partial charge in [-0.3, -0.25) is 0 Å². The minimum Gasteiger partial charge on any atom is -0.447 e. The Kier molecular flexibility index (Phi) is 8.68. The van der Waals surface area contributed by atoms with E-state index in [-0.39, 0.29) is 52.7 Å². The molecule has 4 N–H and O–H groups in total. The molecule has 2 bridgehead atoms. The largest absolute Gasteiger partial charge is 0.447 e. The van der Waals surface area contributed by atoms with E-state index in [0.29, 0.717) is 48.2 Å². The summed E-state index contributed by atoms with van der Waals surface area (Å²) in [7, 11) is 0. The SMILES string of the molecule is CC(C)OC(=O)N1CCC(c2nc3c(F)cc(-c4nc(N)ncc4Cl)c(C(C)C)c3[nH]2)C1.OC1CC[C@@H]2CCC1O2. The number of carbonyl (C=O) groups is 1. The fraction of sp³-hybridized carbons (Fsp3) is 0.586. The van der Waals surface area contributed by atoms with Gasteiger partial charge in [-0.15, -0.1) is 0 Å². The van der Waals surface area contributed by atoms with Crippen molar-refractivity contribution >= 4 is 34.7 Å². The lowest BCUT2D eigenvalue weighted by Crippen LogP contribution is -2.31. The van der Waals surface area contributed by atoms with Crippen molar-refractivity contribution in [3.05, 3.63) is 34.5 Å². The lowest BCUT2D eigenvalue weighted by Gasteiger charge is -2.24. The number of halogens is 2. The van der Waals surface area contributed by atoms with Crippen LogP contribution in [0.15, 0.2) is 12.3 Å². The average Bonchev–Trinajstić information content (AvgIpc) is 3.66. The number of anilines is 1. The number of nitrogens with two attached hydrogens (primary N) is 1. The Morgan fingerprint density at radius 1 is 1.22 bits per heavy atom. The summed E-state index contributed by atoms with van der Waals surface area (Å²) in [4.78, 5) is 29.9. The molecule has 0 aliphatic carbocycles. The zero-order valence-electron chi connectivity index (χ0n) is 23.9. The Morgan fingerprint density at radius 3 is 2.68 bits per heavy atom. The van der Waals surface area contributed by atoms with E-state index in [4.69, 9.17) is 26.8 Å². The number of aliphatic hydroxyl groups excluding tert-OH is 1. The molecule has 0 saturated carbocycles. The Morgan fingerprint density at radius 2 is 1.98 bits per heavy atom. The molecule has 0 radical (unpaired) electrons. The molecule has 6 rings (SSSR count). The molecule has 0 spiro atoms. The summed E-state index contributed by atoms with van der Waals surface area (Å²) >= 11 is 6.32. The van der Waals surface area contributed by atoms with Gasteiger partial charge in [0.2, 0.25) is 5.95 Å². The fourth-order valence-electron chi connectivity index (χ4n) is 5.92. The van der Waals surface area contributed by atoms with E-state index in [1.165, 1.54) is 18.7 Å². The molecule has 1 aromatic carbocycles. The predicted octanol–water partition coefficient (Wildman–Crippen LogP) is 5.54. The van der Waals surface area contributed by atoms with Crippen molar-refractivity contribution < 1.29 is 23.8 Å². The summed E-state index contributed by atoms with van der Waals surface area (Å²) in [5.41, 5.74) is 8.38. The van der Waals surface area contributed by atoms with Gasteiger partial charge in [0.1, 0.15) is 11.3 Å². The lowest BCUT2D eigenvalue weighted by molar-refractivity contribution is -0.0746.